The Kier molecular flexibility index (Phi) is 20.6. The van der Waals surface area contributed by atoms with Gasteiger partial charge in [-0.25, -0.2) is 14.0 Å². The Morgan fingerprint density at radius 3 is 1.85 bits per heavy atom. The largest absolute Gasteiger partial charge is 0.436 e. The molecule has 3 unspecified atom stereocenters. The van der Waals surface area contributed by atoms with Crippen molar-refractivity contribution in [2.75, 3.05) is 23.7 Å². The molecule has 7 N–H and O–H groups in total. The van der Waals surface area contributed by atoms with Crippen LogP contribution in [0.3, 0.4) is 0 Å². The quantitative estimate of drug-likeness (QED) is 0.0486. The Bertz CT molecular complexity index is 2710. The van der Waals surface area contributed by atoms with E-state index in [1.54, 1.807) is 44.2 Å². The van der Waals surface area contributed by atoms with Crippen LogP contribution in [-0.4, -0.2) is 120 Å². The number of aliphatic hydroxyl groups excluding tert-OH is 2. The van der Waals surface area contributed by atoms with Crippen LogP contribution in [0.5, 0.6) is 0 Å². The summed E-state index contributed by atoms with van der Waals surface area (Å²) in [5.41, 5.74) is 1.98. The molecule has 0 saturated carbocycles. The normalized spacial score (nSPS) is 18.1. The average Bonchev–Trinajstić information content (AvgIpc) is 3.87. The van der Waals surface area contributed by atoms with E-state index in [1.807, 2.05) is 45.0 Å². The van der Waals surface area contributed by atoms with Gasteiger partial charge in [-0.2, -0.15) is 13.2 Å². The first-order valence-electron chi connectivity index (χ1n) is 23.6. The van der Waals surface area contributed by atoms with E-state index >= 15 is 0 Å². The second-order valence-electron chi connectivity index (χ2n) is 18.7. The molecule has 0 radical (unpaired) electrons. The van der Waals surface area contributed by atoms with Crippen LogP contribution >= 0.6 is 23.5 Å². The van der Waals surface area contributed by atoms with Gasteiger partial charge in [0, 0.05) is 28.3 Å². The highest BCUT2D eigenvalue weighted by Crippen LogP contribution is 2.41. The molecular weight excluding hydrogens is 1020 g/mol. The lowest BCUT2D eigenvalue weighted by molar-refractivity contribution is -0.147. The van der Waals surface area contributed by atoms with Crippen molar-refractivity contribution in [2.45, 2.75) is 113 Å². The van der Waals surface area contributed by atoms with Crippen LogP contribution in [0.2, 0.25) is 0 Å². The molecular formula is C53H61F4N7O9S2. The number of aryl methyl sites for hydroxylation is 1. The van der Waals surface area contributed by atoms with Crippen LogP contribution in [0.4, 0.5) is 32.8 Å². The van der Waals surface area contributed by atoms with Gasteiger partial charge in [-0.15, -0.1) is 29.9 Å². The fourth-order valence-electron chi connectivity index (χ4n) is 8.30. The molecule has 2 heterocycles. The Morgan fingerprint density at radius 2 is 1.29 bits per heavy atom. The van der Waals surface area contributed by atoms with Crippen LogP contribution in [0, 0.1) is 25.1 Å². The van der Waals surface area contributed by atoms with Gasteiger partial charge in [0.1, 0.15) is 17.9 Å². The van der Waals surface area contributed by atoms with E-state index in [2.05, 4.69) is 32.5 Å². The second kappa shape index (κ2) is 26.1. The molecule has 75 heavy (non-hydrogen) atoms. The number of benzene rings is 4. The topological polar surface area (TPSA) is 219 Å². The monoisotopic (exact) mass is 1080 g/mol. The third-order valence-electron chi connectivity index (χ3n) is 12.3. The molecule has 2 fully saturated rings. The molecule has 402 valence electrons. The van der Waals surface area contributed by atoms with Gasteiger partial charge in [0.25, 0.3) is 11.8 Å². The first-order valence-corrected chi connectivity index (χ1v) is 25.6. The smallest absolute Gasteiger partial charge is 0.416 e. The zero-order valence-corrected chi connectivity index (χ0v) is 43.7. The number of alkyl halides is 3. The van der Waals surface area contributed by atoms with Gasteiger partial charge < -0.3 is 51.3 Å². The fraction of sp³-hybridized carbons (Fsp3) is 0.396. The highest BCUT2D eigenvalue weighted by Gasteiger charge is 2.51. The van der Waals surface area contributed by atoms with E-state index in [-0.39, 0.29) is 41.9 Å². The molecule has 0 bridgehead atoms. The number of terminal acetylenes is 1. The molecule has 22 heteroatoms. The first kappa shape index (κ1) is 59.1. The van der Waals surface area contributed by atoms with Gasteiger partial charge >= 0.3 is 18.3 Å². The molecule has 6 atom stereocenters. The number of hydrogen-bond donors (Lipinski definition) is 7. The number of rotatable bonds is 16. The number of thioether (sulfide) groups is 2. The van der Waals surface area contributed by atoms with Gasteiger partial charge in [0.05, 0.1) is 29.4 Å². The lowest BCUT2D eigenvalue weighted by Gasteiger charge is -2.33. The molecule has 0 aromatic heterocycles. The van der Waals surface area contributed by atoms with Crippen molar-refractivity contribution >= 4 is 65.0 Å². The average molecular weight is 1080 g/mol. The number of nitrogens with zero attached hydrogens (tertiary/aromatic N) is 2. The van der Waals surface area contributed by atoms with Crippen molar-refractivity contribution in [1.29, 1.82) is 0 Å². The summed E-state index contributed by atoms with van der Waals surface area (Å²) in [4.78, 5) is 80.2. The SMILES string of the molecule is C#CCOC(=O)N[C@@H](Cc1ccccc1)[C@H](O)C(=O)N1CSC(C)(C)[C@H]1C(=O)NCc1ccccc1C(F)(F)F.Cc1ccccc1CNC(=O)C1N(C(=O)C(O)C(C)NC(=O)Nc2cccc(F)c2)CSC1(C)C. The maximum Gasteiger partial charge on any atom is 0.416 e. The van der Waals surface area contributed by atoms with E-state index in [9.17, 15) is 56.5 Å². The Balaban J connectivity index is 0.000000280. The van der Waals surface area contributed by atoms with Crippen molar-refractivity contribution in [2.24, 2.45) is 0 Å². The second-order valence-corrected chi connectivity index (χ2v) is 21.9. The summed E-state index contributed by atoms with van der Waals surface area (Å²) in [6.07, 6.45) is -3.69. The van der Waals surface area contributed by atoms with Crippen LogP contribution in [0.15, 0.2) is 103 Å². The van der Waals surface area contributed by atoms with E-state index < -0.39 is 99.8 Å². The Labute approximate surface area is 441 Å². The van der Waals surface area contributed by atoms with Crippen LogP contribution in [0.1, 0.15) is 62.4 Å². The minimum atomic E-state index is -4.60. The maximum atomic E-state index is 13.5. The predicted octanol–water partition coefficient (Wildman–Crippen LogP) is 6.33. The lowest BCUT2D eigenvalue weighted by Crippen LogP contribution is -2.58. The minimum absolute atomic E-state index is 0.0414. The molecule has 4 aromatic carbocycles. The zero-order valence-electron chi connectivity index (χ0n) is 42.1. The van der Waals surface area contributed by atoms with E-state index in [4.69, 9.17) is 11.2 Å². The number of carbonyl (C=O) groups is 6. The summed E-state index contributed by atoms with van der Waals surface area (Å²) in [6, 6.07) is 22.1. The summed E-state index contributed by atoms with van der Waals surface area (Å²) < 4.78 is 57.0. The van der Waals surface area contributed by atoms with Crippen molar-refractivity contribution in [3.63, 3.8) is 0 Å². The van der Waals surface area contributed by atoms with Gasteiger partial charge in [0.15, 0.2) is 18.8 Å². The van der Waals surface area contributed by atoms with Crippen LogP contribution < -0.4 is 26.6 Å². The van der Waals surface area contributed by atoms with E-state index in [0.29, 0.717) is 12.1 Å². The number of aliphatic hydroxyl groups is 2. The predicted molar refractivity (Wildman–Crippen MR) is 278 cm³/mol. The molecule has 0 aliphatic carbocycles. The maximum absolute atomic E-state index is 13.5. The van der Waals surface area contributed by atoms with Crippen molar-refractivity contribution in [3.8, 4) is 12.3 Å². The number of hydrogen-bond acceptors (Lipinski definition) is 11. The molecule has 6 rings (SSSR count). The van der Waals surface area contributed by atoms with Crippen LogP contribution in [0.25, 0.3) is 0 Å². The highest BCUT2D eigenvalue weighted by atomic mass is 32.2. The summed E-state index contributed by atoms with van der Waals surface area (Å²) in [6.45, 7) is 10.3. The first-order chi connectivity index (χ1) is 35.3. The highest BCUT2D eigenvalue weighted by molar-refractivity contribution is 8.01. The van der Waals surface area contributed by atoms with Crippen molar-refractivity contribution < 1.29 is 61.3 Å². The summed E-state index contributed by atoms with van der Waals surface area (Å²) in [7, 11) is 0. The van der Waals surface area contributed by atoms with E-state index in [0.717, 1.165) is 23.3 Å². The van der Waals surface area contributed by atoms with E-state index in [1.165, 1.54) is 76.6 Å². The number of halogens is 4. The standard InChI is InChI=1S/C28H30F3N3O5S.C25H31FN4O4S/c1-4-14-39-26(38)33-21(15-18-10-6-5-7-11-18)22(35)25(37)34-17-40-27(2,3)23(34)24(36)32-16-19-12-8-9-13-20(19)28(29,30)31;1-15-8-5-6-9-17(15)13-27-22(32)21-25(3,4)35-14-30(21)23(33)20(31)16(2)28-24(34)29-19-11-7-10-18(26)12-19/h1,5-13,21-23,35H,14-17H2,2-3H3,(H,32,36)(H,33,38);5-12,16,20-21,31H,13-14H2,1-4H3,(H,27,32)(H2,28,29,34)/t21-,22-,23+;/m0./s1. The molecule has 0 spiro atoms. The lowest BCUT2D eigenvalue weighted by atomic mass is 9.97. The van der Waals surface area contributed by atoms with Crippen molar-refractivity contribution in [3.05, 3.63) is 137 Å². The number of anilines is 1. The Hall–Kier alpha value is -6.80. The third-order valence-corrected chi connectivity index (χ3v) is 15.1. The molecule has 2 aliphatic heterocycles. The number of carbonyl (C=O) groups excluding carboxylic acids is 6. The number of amides is 7. The number of nitrogens with one attached hydrogen (secondary N) is 5. The number of urea groups is 1. The summed E-state index contributed by atoms with van der Waals surface area (Å²) in [5, 5.41) is 34.7. The molecule has 16 nitrogen and oxygen atoms in total. The molecule has 4 aromatic rings. The van der Waals surface area contributed by atoms with Gasteiger partial charge in [0.2, 0.25) is 11.8 Å². The fourth-order valence-corrected chi connectivity index (χ4v) is 10.6. The number of alkyl carbamates (subject to hydrolysis) is 1. The summed E-state index contributed by atoms with van der Waals surface area (Å²) >= 11 is 2.72. The van der Waals surface area contributed by atoms with Crippen molar-refractivity contribution in [1.82, 2.24) is 31.1 Å². The third kappa shape index (κ3) is 16.1. The van der Waals surface area contributed by atoms with Gasteiger partial charge in [-0.3, -0.25) is 19.2 Å². The molecule has 2 aliphatic rings. The molecule has 2 saturated heterocycles. The Morgan fingerprint density at radius 1 is 0.760 bits per heavy atom. The van der Waals surface area contributed by atoms with Crippen LogP contribution in [-0.2, 0) is 49.6 Å². The minimum Gasteiger partial charge on any atom is -0.436 e. The van der Waals surface area contributed by atoms with Gasteiger partial charge in [-0.1, -0.05) is 84.8 Å². The number of ether oxygens (including phenoxy) is 1. The molecule has 7 amide bonds. The zero-order chi connectivity index (χ0) is 55.3. The van der Waals surface area contributed by atoms with Gasteiger partial charge in [-0.05, 0) is 94.5 Å². The summed E-state index contributed by atoms with van der Waals surface area (Å²) in [5.74, 6) is -0.552.